The van der Waals surface area contributed by atoms with Gasteiger partial charge < -0.3 is 10.6 Å². The first-order chi connectivity index (χ1) is 10.5. The van der Waals surface area contributed by atoms with Crippen LogP contribution >= 0.6 is 12.2 Å². The molecule has 0 amide bonds. The van der Waals surface area contributed by atoms with Crippen molar-refractivity contribution >= 4 is 23.0 Å². The van der Waals surface area contributed by atoms with E-state index in [9.17, 15) is 0 Å². The van der Waals surface area contributed by atoms with Crippen LogP contribution in [0.4, 0.5) is 5.69 Å². The van der Waals surface area contributed by atoms with Gasteiger partial charge >= 0.3 is 0 Å². The van der Waals surface area contributed by atoms with Gasteiger partial charge in [-0.3, -0.25) is 0 Å². The van der Waals surface area contributed by atoms with Crippen LogP contribution in [0.1, 0.15) is 41.6 Å². The van der Waals surface area contributed by atoms with Crippen LogP contribution in [0.25, 0.3) is 0 Å². The predicted molar refractivity (Wildman–Crippen MR) is 99.5 cm³/mol. The molecule has 116 valence electrons. The first kappa shape index (κ1) is 16.5. The Labute approximate surface area is 139 Å². The van der Waals surface area contributed by atoms with Gasteiger partial charge in [0.1, 0.15) is 0 Å². The van der Waals surface area contributed by atoms with Crippen molar-refractivity contribution in [1.29, 1.82) is 0 Å². The quantitative estimate of drug-likeness (QED) is 0.773. The summed E-state index contributed by atoms with van der Waals surface area (Å²) in [6, 6.07) is 15.0. The van der Waals surface area contributed by atoms with Gasteiger partial charge in [0.05, 0.1) is 6.04 Å². The first-order valence-electron chi connectivity index (χ1n) is 7.71. The molecule has 0 aromatic heterocycles. The molecule has 0 aliphatic carbocycles. The van der Waals surface area contributed by atoms with E-state index >= 15 is 0 Å². The standard InChI is InChI=1S/C19H24N2S/c1-5-18(17-11-8-14(3)12-15(17)4)21-19(22)20-16-9-6-13(2)7-10-16/h6-12,18H,5H2,1-4H3,(H2,20,21,22)/t18-/m0/s1. The summed E-state index contributed by atoms with van der Waals surface area (Å²) in [7, 11) is 0. The number of benzene rings is 2. The summed E-state index contributed by atoms with van der Waals surface area (Å²) in [5, 5.41) is 7.34. The van der Waals surface area contributed by atoms with Crippen LogP contribution in [-0.2, 0) is 0 Å². The first-order valence-corrected chi connectivity index (χ1v) is 8.11. The van der Waals surface area contributed by atoms with Crippen LogP contribution in [0, 0.1) is 20.8 Å². The van der Waals surface area contributed by atoms with Gasteiger partial charge in [-0.05, 0) is 62.7 Å². The van der Waals surface area contributed by atoms with Crippen molar-refractivity contribution in [1.82, 2.24) is 5.32 Å². The molecule has 2 rings (SSSR count). The van der Waals surface area contributed by atoms with E-state index in [2.05, 4.69) is 68.7 Å². The lowest BCUT2D eigenvalue weighted by Crippen LogP contribution is -2.32. The Hall–Kier alpha value is -1.87. The van der Waals surface area contributed by atoms with Crippen molar-refractivity contribution in [3.05, 3.63) is 64.7 Å². The Balaban J connectivity index is 2.06. The summed E-state index contributed by atoms with van der Waals surface area (Å²) in [6.07, 6.45) is 0.986. The summed E-state index contributed by atoms with van der Waals surface area (Å²) in [6.45, 7) is 8.52. The smallest absolute Gasteiger partial charge is 0.171 e. The minimum absolute atomic E-state index is 0.228. The lowest BCUT2D eigenvalue weighted by atomic mass is 9.98. The lowest BCUT2D eigenvalue weighted by molar-refractivity contribution is 0.625. The van der Waals surface area contributed by atoms with E-state index in [1.807, 2.05) is 12.1 Å². The average molecular weight is 312 g/mol. The Morgan fingerprint density at radius 2 is 1.64 bits per heavy atom. The summed E-state index contributed by atoms with van der Waals surface area (Å²) < 4.78 is 0. The van der Waals surface area contributed by atoms with Gasteiger partial charge in [-0.1, -0.05) is 48.4 Å². The van der Waals surface area contributed by atoms with Crippen molar-refractivity contribution in [2.24, 2.45) is 0 Å². The third-order valence-corrected chi connectivity index (χ3v) is 4.04. The Bertz CT molecular complexity index is 647. The molecule has 2 aromatic rings. The third-order valence-electron chi connectivity index (χ3n) is 3.82. The average Bonchev–Trinajstić information content (AvgIpc) is 2.48. The molecule has 3 heteroatoms. The van der Waals surface area contributed by atoms with E-state index in [1.54, 1.807) is 0 Å². The second-order valence-corrected chi connectivity index (χ2v) is 6.19. The van der Waals surface area contributed by atoms with Gasteiger partial charge in [-0.15, -0.1) is 0 Å². The normalized spacial score (nSPS) is 11.8. The highest BCUT2D eigenvalue weighted by Gasteiger charge is 2.13. The lowest BCUT2D eigenvalue weighted by Gasteiger charge is -2.22. The summed E-state index contributed by atoms with van der Waals surface area (Å²) >= 11 is 5.46. The van der Waals surface area contributed by atoms with Crippen LogP contribution < -0.4 is 10.6 Å². The van der Waals surface area contributed by atoms with Crippen molar-refractivity contribution < 1.29 is 0 Å². The molecule has 0 saturated heterocycles. The Morgan fingerprint density at radius 1 is 1.00 bits per heavy atom. The Morgan fingerprint density at radius 3 is 2.23 bits per heavy atom. The van der Waals surface area contributed by atoms with Crippen LogP contribution in [-0.4, -0.2) is 5.11 Å². The summed E-state index contributed by atoms with van der Waals surface area (Å²) in [5.74, 6) is 0. The van der Waals surface area contributed by atoms with Crippen LogP contribution in [0.5, 0.6) is 0 Å². The minimum atomic E-state index is 0.228. The zero-order valence-electron chi connectivity index (χ0n) is 13.7. The number of hydrogen-bond donors (Lipinski definition) is 2. The molecule has 0 aliphatic heterocycles. The van der Waals surface area contributed by atoms with E-state index in [4.69, 9.17) is 12.2 Å². The maximum atomic E-state index is 5.46. The zero-order chi connectivity index (χ0) is 16.1. The van der Waals surface area contributed by atoms with Gasteiger partial charge in [0, 0.05) is 5.69 Å². The summed E-state index contributed by atoms with van der Waals surface area (Å²) in [4.78, 5) is 0. The molecule has 0 heterocycles. The maximum absolute atomic E-state index is 5.46. The number of thiocarbonyl (C=S) groups is 1. The van der Waals surface area contributed by atoms with Crippen LogP contribution in [0.3, 0.4) is 0 Å². The van der Waals surface area contributed by atoms with Crippen molar-refractivity contribution in [3.8, 4) is 0 Å². The number of rotatable bonds is 4. The third kappa shape index (κ3) is 4.31. The molecule has 0 bridgehead atoms. The highest BCUT2D eigenvalue weighted by molar-refractivity contribution is 7.80. The fourth-order valence-electron chi connectivity index (χ4n) is 2.58. The highest BCUT2D eigenvalue weighted by atomic mass is 32.1. The number of aryl methyl sites for hydroxylation is 3. The highest BCUT2D eigenvalue weighted by Crippen LogP contribution is 2.22. The Kier molecular flexibility index (Phi) is 5.56. The summed E-state index contributed by atoms with van der Waals surface area (Å²) in [5.41, 5.74) is 6.15. The minimum Gasteiger partial charge on any atom is -0.356 e. The van der Waals surface area contributed by atoms with Gasteiger partial charge in [-0.2, -0.15) is 0 Å². The molecular weight excluding hydrogens is 288 g/mol. The molecule has 2 aromatic carbocycles. The zero-order valence-corrected chi connectivity index (χ0v) is 14.6. The van der Waals surface area contributed by atoms with E-state index in [0.29, 0.717) is 5.11 Å². The van der Waals surface area contributed by atoms with E-state index < -0.39 is 0 Å². The van der Waals surface area contributed by atoms with Gasteiger partial charge in [0.15, 0.2) is 5.11 Å². The van der Waals surface area contributed by atoms with Crippen LogP contribution in [0.15, 0.2) is 42.5 Å². The largest absolute Gasteiger partial charge is 0.356 e. The SMILES string of the molecule is CC[C@H](NC(=S)Nc1ccc(C)cc1)c1ccc(C)cc1C. The molecule has 2 nitrogen and oxygen atoms in total. The van der Waals surface area contributed by atoms with Crippen molar-refractivity contribution in [3.63, 3.8) is 0 Å². The second kappa shape index (κ2) is 7.41. The monoisotopic (exact) mass is 312 g/mol. The van der Waals surface area contributed by atoms with Gasteiger partial charge in [0.25, 0.3) is 0 Å². The molecule has 2 N–H and O–H groups in total. The molecule has 0 unspecified atom stereocenters. The van der Waals surface area contributed by atoms with E-state index in [0.717, 1.165) is 12.1 Å². The van der Waals surface area contributed by atoms with Gasteiger partial charge in [-0.25, -0.2) is 0 Å². The number of hydrogen-bond acceptors (Lipinski definition) is 1. The van der Waals surface area contributed by atoms with Crippen molar-refractivity contribution in [2.45, 2.75) is 40.2 Å². The number of nitrogens with one attached hydrogen (secondary N) is 2. The molecular formula is C19H24N2S. The van der Waals surface area contributed by atoms with Crippen LogP contribution in [0.2, 0.25) is 0 Å². The maximum Gasteiger partial charge on any atom is 0.171 e. The van der Waals surface area contributed by atoms with Gasteiger partial charge in [0.2, 0.25) is 0 Å². The fraction of sp³-hybridized carbons (Fsp3) is 0.316. The number of anilines is 1. The molecule has 22 heavy (non-hydrogen) atoms. The molecule has 0 radical (unpaired) electrons. The predicted octanol–water partition coefficient (Wildman–Crippen LogP) is 5.05. The van der Waals surface area contributed by atoms with Crippen molar-refractivity contribution in [2.75, 3.05) is 5.32 Å². The van der Waals surface area contributed by atoms with E-state index in [-0.39, 0.29) is 6.04 Å². The molecule has 0 spiro atoms. The molecule has 0 fully saturated rings. The topological polar surface area (TPSA) is 24.1 Å². The fourth-order valence-corrected chi connectivity index (χ4v) is 2.84. The van der Waals surface area contributed by atoms with E-state index in [1.165, 1.54) is 22.3 Å². The molecule has 0 saturated carbocycles. The molecule has 1 atom stereocenters. The molecule has 0 aliphatic rings. The second-order valence-electron chi connectivity index (χ2n) is 5.79.